The van der Waals surface area contributed by atoms with Crippen LogP contribution < -0.4 is 0 Å². The van der Waals surface area contributed by atoms with E-state index in [0.29, 0.717) is 13.2 Å². The van der Waals surface area contributed by atoms with Crippen LogP contribution in [-0.4, -0.2) is 13.2 Å². The van der Waals surface area contributed by atoms with Gasteiger partial charge in [0.1, 0.15) is 0 Å². The van der Waals surface area contributed by atoms with Gasteiger partial charge in [-0.15, -0.1) is 0 Å². The lowest BCUT2D eigenvalue weighted by atomic mass is 10.2. The van der Waals surface area contributed by atoms with Crippen molar-refractivity contribution in [1.29, 1.82) is 0 Å². The van der Waals surface area contributed by atoms with Crippen LogP contribution in [0.2, 0.25) is 0 Å². The largest absolute Gasteiger partial charge is 0.327 e. The van der Waals surface area contributed by atoms with Crippen LogP contribution in [-0.2, 0) is 20.9 Å². The van der Waals surface area contributed by atoms with Gasteiger partial charge in [-0.1, -0.05) is 25.8 Å². The van der Waals surface area contributed by atoms with Crippen LogP contribution in [0.25, 0.3) is 0 Å². The lowest BCUT2D eigenvalue weighted by molar-refractivity contribution is 0.274. The molecule has 0 saturated heterocycles. The normalized spacial score (nSPS) is 12.5. The highest BCUT2D eigenvalue weighted by molar-refractivity contribution is 8.11. The molecule has 0 N–H and O–H groups in total. The maximum Gasteiger partial charge on any atom is 0.211 e. The van der Waals surface area contributed by atoms with Crippen LogP contribution in [0.1, 0.15) is 46.5 Å². The predicted molar refractivity (Wildman–Crippen MR) is 70.8 cm³/mol. The van der Waals surface area contributed by atoms with Crippen molar-refractivity contribution in [3.8, 4) is 0 Å². The molecule has 0 fully saturated rings. The third-order valence-electron chi connectivity index (χ3n) is 1.88. The highest BCUT2D eigenvalue weighted by atomic mass is 32.5. The predicted octanol–water partition coefficient (Wildman–Crippen LogP) is 4.46. The van der Waals surface area contributed by atoms with Crippen molar-refractivity contribution in [2.24, 2.45) is 0 Å². The zero-order valence-corrected chi connectivity index (χ0v) is 11.8. The average Bonchev–Trinajstić information content (AvgIpc) is 2.18. The Morgan fingerprint density at radius 3 is 2.13 bits per heavy atom. The van der Waals surface area contributed by atoms with Crippen LogP contribution >= 0.6 is 6.49 Å². The van der Waals surface area contributed by atoms with Gasteiger partial charge < -0.3 is 9.05 Å². The molecular weight excluding hydrogens is 227 g/mol. The minimum absolute atomic E-state index is 0.622. The van der Waals surface area contributed by atoms with E-state index in [1.807, 2.05) is 19.7 Å². The summed E-state index contributed by atoms with van der Waals surface area (Å²) < 4.78 is 11.0. The van der Waals surface area contributed by atoms with Crippen LogP contribution in [0.3, 0.4) is 0 Å². The Balaban J connectivity index is 3.98. The first-order valence-corrected chi connectivity index (χ1v) is 8.45. The summed E-state index contributed by atoms with van der Waals surface area (Å²) in [6.45, 7) is 5.23. The summed E-state index contributed by atoms with van der Waals surface area (Å²) in [5.41, 5.74) is 0. The molecule has 0 atom stereocenters. The Morgan fingerprint density at radius 2 is 1.67 bits per heavy atom. The summed E-state index contributed by atoms with van der Waals surface area (Å²) in [7, 11) is 0. The first-order chi connectivity index (χ1) is 7.18. The van der Waals surface area contributed by atoms with Gasteiger partial charge in [0.15, 0.2) is 0 Å². The van der Waals surface area contributed by atoms with E-state index in [1.54, 1.807) is 0 Å². The topological polar surface area (TPSA) is 18.5 Å². The second kappa shape index (κ2) is 9.53. The summed E-state index contributed by atoms with van der Waals surface area (Å²) >= 11 is 5.36. The molecule has 15 heavy (non-hydrogen) atoms. The molecule has 0 aliphatic rings. The molecule has 0 heterocycles. The van der Waals surface area contributed by atoms with Crippen LogP contribution in [0.4, 0.5) is 0 Å². The van der Waals surface area contributed by atoms with E-state index in [9.17, 15) is 0 Å². The Labute approximate surface area is 99.2 Å². The van der Waals surface area contributed by atoms with Crippen LogP contribution in [0.15, 0.2) is 11.9 Å². The molecule has 0 rings (SSSR count). The van der Waals surface area contributed by atoms with E-state index in [1.165, 1.54) is 19.3 Å². The lowest BCUT2D eigenvalue weighted by Crippen LogP contribution is -1.92. The molecule has 2 nitrogen and oxygen atoms in total. The molecule has 0 radical (unpaired) electrons. The fourth-order valence-corrected chi connectivity index (χ4v) is 3.46. The number of unbranched alkanes of at least 4 members (excludes halogenated alkanes) is 3. The van der Waals surface area contributed by atoms with E-state index >= 15 is 0 Å². The summed E-state index contributed by atoms with van der Waals surface area (Å²) in [4.78, 5) is 0. The standard InChI is InChI=1S/C11H23O2PS/c1-4-7-8-9-10-11-14(15,12-5-2)13-6-3/h10-11H,4-9H2,1-3H3. The second-order valence-electron chi connectivity index (χ2n) is 3.26. The first-order valence-electron chi connectivity index (χ1n) is 5.75. The van der Waals surface area contributed by atoms with Crippen molar-refractivity contribution in [1.82, 2.24) is 0 Å². The minimum Gasteiger partial charge on any atom is -0.327 e. The molecule has 0 aromatic rings. The second-order valence-corrected chi connectivity index (χ2v) is 6.68. The van der Waals surface area contributed by atoms with E-state index in [-0.39, 0.29) is 0 Å². The van der Waals surface area contributed by atoms with E-state index < -0.39 is 6.49 Å². The van der Waals surface area contributed by atoms with Crippen LogP contribution in [0, 0.1) is 0 Å². The Morgan fingerprint density at radius 1 is 1.07 bits per heavy atom. The smallest absolute Gasteiger partial charge is 0.211 e. The molecule has 0 bridgehead atoms. The maximum atomic E-state index is 5.49. The summed E-state index contributed by atoms with van der Waals surface area (Å²) in [6.07, 6.45) is 6.93. The van der Waals surface area contributed by atoms with E-state index in [0.717, 1.165) is 6.42 Å². The molecule has 0 aromatic carbocycles. The lowest BCUT2D eigenvalue weighted by Gasteiger charge is -2.16. The van der Waals surface area contributed by atoms with Crippen molar-refractivity contribution in [3.05, 3.63) is 11.9 Å². The maximum absolute atomic E-state index is 5.49. The number of allylic oxidation sites excluding steroid dienone is 1. The number of rotatable bonds is 9. The third kappa shape index (κ3) is 8.15. The Bertz CT molecular complexity index is 207. The van der Waals surface area contributed by atoms with Crippen molar-refractivity contribution < 1.29 is 9.05 Å². The fourth-order valence-electron chi connectivity index (χ4n) is 1.20. The van der Waals surface area contributed by atoms with Crippen molar-refractivity contribution in [2.45, 2.75) is 46.5 Å². The molecule has 0 aliphatic heterocycles. The summed E-state index contributed by atoms with van der Waals surface area (Å²) in [6, 6.07) is 0. The van der Waals surface area contributed by atoms with Gasteiger partial charge in [0.05, 0.1) is 13.2 Å². The molecule has 0 amide bonds. The molecule has 0 unspecified atom stereocenters. The van der Waals surface area contributed by atoms with Gasteiger partial charge in [0, 0.05) is 0 Å². The van der Waals surface area contributed by atoms with Gasteiger partial charge in [-0.3, -0.25) is 0 Å². The van der Waals surface area contributed by atoms with Crippen molar-refractivity contribution in [2.75, 3.05) is 13.2 Å². The fraction of sp³-hybridized carbons (Fsp3) is 0.818. The average molecular weight is 250 g/mol. The Kier molecular flexibility index (Phi) is 9.73. The zero-order valence-electron chi connectivity index (χ0n) is 10.1. The molecule has 4 heteroatoms. The van der Waals surface area contributed by atoms with Crippen molar-refractivity contribution >= 4 is 18.3 Å². The van der Waals surface area contributed by atoms with Gasteiger partial charge in [-0.05, 0) is 44.3 Å². The monoisotopic (exact) mass is 250 g/mol. The molecule has 0 aliphatic carbocycles. The number of hydrogen-bond donors (Lipinski definition) is 0. The zero-order chi connectivity index (χ0) is 11.6. The van der Waals surface area contributed by atoms with E-state index in [2.05, 4.69) is 13.0 Å². The molecular formula is C11H23O2PS. The molecule has 0 saturated carbocycles. The first kappa shape index (κ1) is 15.3. The minimum atomic E-state index is -2.12. The molecule has 90 valence electrons. The highest BCUT2D eigenvalue weighted by Gasteiger charge is 2.12. The van der Waals surface area contributed by atoms with Gasteiger partial charge in [-0.25, -0.2) is 0 Å². The third-order valence-corrected chi connectivity index (χ3v) is 4.69. The van der Waals surface area contributed by atoms with E-state index in [4.69, 9.17) is 20.9 Å². The molecule has 0 spiro atoms. The van der Waals surface area contributed by atoms with Gasteiger partial charge in [0.2, 0.25) is 6.49 Å². The van der Waals surface area contributed by atoms with Gasteiger partial charge in [-0.2, -0.15) is 0 Å². The van der Waals surface area contributed by atoms with Crippen LogP contribution in [0.5, 0.6) is 0 Å². The van der Waals surface area contributed by atoms with Crippen molar-refractivity contribution in [3.63, 3.8) is 0 Å². The quantitative estimate of drug-likeness (QED) is 0.444. The van der Waals surface area contributed by atoms with Gasteiger partial charge >= 0.3 is 0 Å². The summed E-state index contributed by atoms with van der Waals surface area (Å²) in [5, 5.41) is 0. The Hall–Kier alpha value is 0.310. The SMILES string of the molecule is CCCCCC=CP(=S)(OCC)OCC. The number of hydrogen-bond acceptors (Lipinski definition) is 3. The van der Waals surface area contributed by atoms with Gasteiger partial charge in [0.25, 0.3) is 0 Å². The summed E-state index contributed by atoms with van der Waals surface area (Å²) in [5.74, 6) is 1.96. The molecule has 0 aromatic heterocycles. The highest BCUT2D eigenvalue weighted by Crippen LogP contribution is 2.50.